The highest BCUT2D eigenvalue weighted by Crippen LogP contribution is 2.38. The van der Waals surface area contributed by atoms with Crippen LogP contribution in [0.2, 0.25) is 0 Å². The fourth-order valence-corrected chi connectivity index (χ4v) is 3.10. The molecule has 0 bridgehead atoms. The van der Waals surface area contributed by atoms with Gasteiger partial charge in [0.05, 0.1) is 32.9 Å². The van der Waals surface area contributed by atoms with Gasteiger partial charge in [0.1, 0.15) is 5.75 Å². The lowest BCUT2D eigenvalue weighted by molar-refractivity contribution is 0.0934. The Kier molecular flexibility index (Phi) is 8.25. The Labute approximate surface area is 187 Å². The second kappa shape index (κ2) is 10.6. The zero-order valence-electron chi connectivity index (χ0n) is 16.6. The van der Waals surface area contributed by atoms with E-state index in [4.69, 9.17) is 31.2 Å². The molecule has 3 N–H and O–H groups in total. The van der Waals surface area contributed by atoms with Crippen LogP contribution in [0, 0.1) is 0 Å². The van der Waals surface area contributed by atoms with Crippen LogP contribution in [0.5, 0.6) is 23.0 Å². The number of nitrogens with one attached hydrogen (secondary N) is 3. The van der Waals surface area contributed by atoms with Crippen molar-refractivity contribution in [2.45, 2.75) is 0 Å². The summed E-state index contributed by atoms with van der Waals surface area (Å²) in [5.74, 6) is 0.602. The van der Waals surface area contributed by atoms with Gasteiger partial charge >= 0.3 is 0 Å². The molecule has 0 atom stereocenters. The van der Waals surface area contributed by atoms with Gasteiger partial charge in [-0.05, 0) is 58.5 Å². The lowest BCUT2D eigenvalue weighted by Crippen LogP contribution is -2.48. The Bertz CT molecular complexity index is 944. The number of amides is 2. The molecule has 0 radical (unpaired) electrons. The highest BCUT2D eigenvalue weighted by atomic mass is 79.9. The van der Waals surface area contributed by atoms with E-state index >= 15 is 0 Å². The van der Waals surface area contributed by atoms with E-state index in [9.17, 15) is 9.59 Å². The first kappa shape index (κ1) is 23.2. The van der Waals surface area contributed by atoms with Crippen LogP contribution in [0.3, 0.4) is 0 Å². The number of rotatable bonds is 6. The van der Waals surface area contributed by atoms with Gasteiger partial charge in [-0.2, -0.15) is 0 Å². The van der Waals surface area contributed by atoms with Crippen LogP contribution in [-0.4, -0.2) is 45.4 Å². The van der Waals surface area contributed by atoms with Gasteiger partial charge < -0.3 is 18.9 Å². The maximum Gasteiger partial charge on any atom is 0.269 e. The minimum absolute atomic E-state index is 0.0901. The van der Waals surface area contributed by atoms with Crippen molar-refractivity contribution < 1.29 is 28.5 Å². The van der Waals surface area contributed by atoms with E-state index < -0.39 is 11.8 Å². The summed E-state index contributed by atoms with van der Waals surface area (Å²) in [4.78, 5) is 24.7. The summed E-state index contributed by atoms with van der Waals surface area (Å²) in [7, 11) is 5.87. The predicted octanol–water partition coefficient (Wildman–Crippen LogP) is 2.43. The quantitative estimate of drug-likeness (QED) is 0.412. The number of carbonyl (C=O) groups is 2. The summed E-state index contributed by atoms with van der Waals surface area (Å²) in [5.41, 5.74) is 5.45. The number of hydrogen-bond acceptors (Lipinski definition) is 7. The summed E-state index contributed by atoms with van der Waals surface area (Å²) in [6.45, 7) is 0. The van der Waals surface area contributed by atoms with E-state index in [0.717, 1.165) is 0 Å². The summed E-state index contributed by atoms with van der Waals surface area (Å²) >= 11 is 8.36. The molecule has 0 spiro atoms. The maximum atomic E-state index is 12.4. The first-order valence-electron chi connectivity index (χ1n) is 8.39. The van der Waals surface area contributed by atoms with Gasteiger partial charge in [-0.3, -0.25) is 25.8 Å². The number of ether oxygens (including phenoxy) is 4. The molecule has 0 aliphatic heterocycles. The van der Waals surface area contributed by atoms with Gasteiger partial charge in [0.2, 0.25) is 5.75 Å². The molecule has 0 fully saturated rings. The average Bonchev–Trinajstić information content (AvgIpc) is 2.75. The monoisotopic (exact) mass is 497 g/mol. The molecule has 0 aliphatic carbocycles. The van der Waals surface area contributed by atoms with Gasteiger partial charge in [0.25, 0.3) is 11.8 Å². The molecule has 30 heavy (non-hydrogen) atoms. The second-order valence-electron chi connectivity index (χ2n) is 5.63. The predicted molar refractivity (Wildman–Crippen MR) is 117 cm³/mol. The molecular weight excluding hydrogens is 478 g/mol. The molecule has 0 saturated carbocycles. The molecule has 9 nitrogen and oxygen atoms in total. The largest absolute Gasteiger partial charge is 0.496 e. The first-order chi connectivity index (χ1) is 14.3. The molecule has 2 aromatic carbocycles. The third-order valence-electron chi connectivity index (χ3n) is 3.86. The number of hydrogen-bond donors (Lipinski definition) is 3. The number of methoxy groups -OCH3 is 4. The van der Waals surface area contributed by atoms with Crippen molar-refractivity contribution in [2.24, 2.45) is 0 Å². The van der Waals surface area contributed by atoms with Crippen molar-refractivity contribution in [2.75, 3.05) is 28.4 Å². The van der Waals surface area contributed by atoms with Crippen LogP contribution < -0.4 is 35.1 Å². The highest BCUT2D eigenvalue weighted by molar-refractivity contribution is 9.10. The fraction of sp³-hybridized carbons (Fsp3) is 0.211. The molecule has 160 valence electrons. The molecule has 0 unspecified atom stereocenters. The minimum Gasteiger partial charge on any atom is -0.496 e. The van der Waals surface area contributed by atoms with E-state index in [1.807, 2.05) is 0 Å². The molecule has 0 saturated heterocycles. The summed E-state index contributed by atoms with van der Waals surface area (Å²) in [5, 5.41) is 2.38. The van der Waals surface area contributed by atoms with Crippen LogP contribution in [0.25, 0.3) is 0 Å². The van der Waals surface area contributed by atoms with Crippen molar-refractivity contribution in [3.05, 3.63) is 45.9 Å². The number of hydrazine groups is 1. The van der Waals surface area contributed by atoms with Crippen molar-refractivity contribution in [3.8, 4) is 23.0 Å². The Balaban J connectivity index is 2.01. The third-order valence-corrected chi connectivity index (χ3v) is 4.68. The van der Waals surface area contributed by atoms with E-state index in [1.54, 1.807) is 18.2 Å². The Hall–Kier alpha value is -3.05. The standard InChI is InChI=1S/C19H20BrN3O6S/c1-26-13-6-5-10(7-12(13)20)17(24)21-19(30)23-22-18(25)11-8-14(27-2)16(29-4)15(9-11)28-3/h5-9H,1-4H3,(H,22,25)(H2,21,23,24,30). The zero-order valence-corrected chi connectivity index (χ0v) is 19.0. The Morgan fingerprint density at radius 3 is 1.90 bits per heavy atom. The molecular formula is C19H20BrN3O6S. The van der Waals surface area contributed by atoms with Crippen LogP contribution in [-0.2, 0) is 0 Å². The minimum atomic E-state index is -0.530. The first-order valence-corrected chi connectivity index (χ1v) is 9.59. The van der Waals surface area contributed by atoms with Gasteiger partial charge in [0, 0.05) is 11.1 Å². The molecule has 11 heteroatoms. The summed E-state index contributed by atoms with van der Waals surface area (Å²) < 4.78 is 21.4. The summed E-state index contributed by atoms with van der Waals surface area (Å²) in [6, 6.07) is 7.77. The van der Waals surface area contributed by atoms with E-state index in [0.29, 0.717) is 33.0 Å². The Morgan fingerprint density at radius 2 is 1.40 bits per heavy atom. The topological polar surface area (TPSA) is 107 Å². The van der Waals surface area contributed by atoms with Crippen molar-refractivity contribution >= 4 is 45.1 Å². The van der Waals surface area contributed by atoms with Crippen molar-refractivity contribution in [3.63, 3.8) is 0 Å². The van der Waals surface area contributed by atoms with Gasteiger partial charge in [-0.1, -0.05) is 0 Å². The van der Waals surface area contributed by atoms with E-state index in [1.165, 1.54) is 40.6 Å². The maximum absolute atomic E-state index is 12.4. The molecule has 2 aromatic rings. The normalized spacial score (nSPS) is 9.90. The van der Waals surface area contributed by atoms with Gasteiger partial charge in [0.15, 0.2) is 16.6 Å². The SMILES string of the molecule is COc1ccc(C(=O)NC(=S)NNC(=O)c2cc(OC)c(OC)c(OC)c2)cc1Br. The van der Waals surface area contributed by atoms with Crippen LogP contribution >= 0.6 is 28.1 Å². The molecule has 2 amide bonds. The molecule has 0 aromatic heterocycles. The van der Waals surface area contributed by atoms with E-state index in [-0.39, 0.29) is 10.7 Å². The Morgan fingerprint density at radius 1 is 0.800 bits per heavy atom. The summed E-state index contributed by atoms with van der Waals surface area (Å²) in [6.07, 6.45) is 0. The molecule has 0 aliphatic rings. The van der Waals surface area contributed by atoms with Crippen LogP contribution in [0.1, 0.15) is 20.7 Å². The second-order valence-corrected chi connectivity index (χ2v) is 6.89. The number of benzene rings is 2. The van der Waals surface area contributed by atoms with Crippen molar-refractivity contribution in [1.82, 2.24) is 16.2 Å². The molecule has 0 heterocycles. The highest BCUT2D eigenvalue weighted by Gasteiger charge is 2.17. The van der Waals surface area contributed by atoms with Gasteiger partial charge in [-0.15, -0.1) is 0 Å². The average molecular weight is 498 g/mol. The van der Waals surface area contributed by atoms with E-state index in [2.05, 4.69) is 32.1 Å². The number of thiocarbonyl (C=S) groups is 1. The van der Waals surface area contributed by atoms with Crippen LogP contribution in [0.15, 0.2) is 34.8 Å². The lowest BCUT2D eigenvalue weighted by atomic mass is 10.1. The smallest absolute Gasteiger partial charge is 0.269 e. The van der Waals surface area contributed by atoms with Crippen molar-refractivity contribution in [1.29, 1.82) is 0 Å². The van der Waals surface area contributed by atoms with Crippen LogP contribution in [0.4, 0.5) is 0 Å². The number of halogens is 1. The lowest BCUT2D eigenvalue weighted by Gasteiger charge is -2.15. The van der Waals surface area contributed by atoms with Gasteiger partial charge in [-0.25, -0.2) is 0 Å². The number of carbonyl (C=O) groups excluding carboxylic acids is 2. The third kappa shape index (κ3) is 5.51. The fourth-order valence-electron chi connectivity index (χ4n) is 2.41. The molecule has 2 rings (SSSR count). The zero-order chi connectivity index (χ0) is 22.3.